The Balaban J connectivity index is 2.24. The van der Waals surface area contributed by atoms with E-state index in [1.54, 1.807) is 0 Å². The van der Waals surface area contributed by atoms with Crippen LogP contribution in [0.4, 0.5) is 14.9 Å². The molecular formula is C13H18FN3O2. The first kappa shape index (κ1) is 14.9. The molecule has 0 aromatic heterocycles. The zero-order valence-corrected chi connectivity index (χ0v) is 10.8. The van der Waals surface area contributed by atoms with Crippen molar-refractivity contribution in [2.45, 2.75) is 19.8 Å². The average molecular weight is 267 g/mol. The van der Waals surface area contributed by atoms with E-state index in [9.17, 15) is 14.0 Å². The molecule has 0 saturated carbocycles. The van der Waals surface area contributed by atoms with Gasteiger partial charge in [0.25, 0.3) is 0 Å². The van der Waals surface area contributed by atoms with E-state index >= 15 is 0 Å². The van der Waals surface area contributed by atoms with Gasteiger partial charge in [0.05, 0.1) is 6.54 Å². The van der Waals surface area contributed by atoms with E-state index in [1.165, 1.54) is 24.3 Å². The van der Waals surface area contributed by atoms with Gasteiger partial charge in [-0.05, 0) is 30.7 Å². The molecule has 0 aliphatic rings. The third-order valence-electron chi connectivity index (χ3n) is 2.37. The van der Waals surface area contributed by atoms with Gasteiger partial charge in [-0.1, -0.05) is 13.3 Å². The maximum atomic E-state index is 12.6. The van der Waals surface area contributed by atoms with Crippen LogP contribution in [0.5, 0.6) is 0 Å². The molecule has 0 unspecified atom stereocenters. The molecule has 0 heterocycles. The van der Waals surface area contributed by atoms with E-state index in [1.807, 2.05) is 6.92 Å². The maximum absolute atomic E-state index is 12.6. The number of benzene rings is 1. The highest BCUT2D eigenvalue weighted by atomic mass is 19.1. The summed E-state index contributed by atoms with van der Waals surface area (Å²) in [5, 5.41) is 7.55. The van der Waals surface area contributed by atoms with E-state index in [0.29, 0.717) is 12.2 Å². The van der Waals surface area contributed by atoms with Crippen LogP contribution in [0.15, 0.2) is 24.3 Å². The first-order valence-corrected chi connectivity index (χ1v) is 6.19. The van der Waals surface area contributed by atoms with Crippen molar-refractivity contribution in [2.75, 3.05) is 18.4 Å². The molecule has 1 aromatic rings. The summed E-state index contributed by atoms with van der Waals surface area (Å²) in [4.78, 5) is 22.7. The monoisotopic (exact) mass is 267 g/mol. The molecule has 0 saturated heterocycles. The van der Waals surface area contributed by atoms with Crippen molar-refractivity contribution in [1.29, 1.82) is 0 Å². The van der Waals surface area contributed by atoms with Gasteiger partial charge in [0.1, 0.15) is 5.82 Å². The Bertz CT molecular complexity index is 420. The van der Waals surface area contributed by atoms with Crippen molar-refractivity contribution in [2.24, 2.45) is 0 Å². The minimum Gasteiger partial charge on any atom is -0.376 e. The summed E-state index contributed by atoms with van der Waals surface area (Å²) >= 11 is 0. The minimum absolute atomic E-state index is 0.0488. The Morgan fingerprint density at radius 2 is 1.89 bits per heavy atom. The molecule has 3 N–H and O–H groups in total. The van der Waals surface area contributed by atoms with E-state index < -0.39 is 11.9 Å². The summed E-state index contributed by atoms with van der Waals surface area (Å²) in [5.74, 6) is -0.788. The Kier molecular flexibility index (Phi) is 6.35. The van der Waals surface area contributed by atoms with Crippen LogP contribution < -0.4 is 16.0 Å². The third kappa shape index (κ3) is 6.40. The van der Waals surface area contributed by atoms with Crippen molar-refractivity contribution in [3.8, 4) is 0 Å². The van der Waals surface area contributed by atoms with Gasteiger partial charge >= 0.3 is 6.03 Å². The number of nitrogens with one attached hydrogen (secondary N) is 3. The van der Waals surface area contributed by atoms with Crippen LogP contribution in [0.25, 0.3) is 0 Å². The standard InChI is InChI=1S/C13H18FN3O2/c1-2-3-8-15-13(19)17-12(18)9-16-11-6-4-10(14)5-7-11/h4-7,16H,2-3,8-9H2,1H3,(H2,15,17,18,19). The van der Waals surface area contributed by atoms with Gasteiger partial charge in [0, 0.05) is 12.2 Å². The zero-order valence-electron chi connectivity index (χ0n) is 10.8. The van der Waals surface area contributed by atoms with Crippen molar-refractivity contribution >= 4 is 17.6 Å². The number of halogens is 1. The molecule has 0 aliphatic carbocycles. The van der Waals surface area contributed by atoms with Crippen LogP contribution >= 0.6 is 0 Å². The largest absolute Gasteiger partial charge is 0.376 e. The smallest absolute Gasteiger partial charge is 0.321 e. The zero-order chi connectivity index (χ0) is 14.1. The summed E-state index contributed by atoms with van der Waals surface area (Å²) in [6.07, 6.45) is 1.84. The molecule has 0 fully saturated rings. The van der Waals surface area contributed by atoms with Gasteiger partial charge in [-0.15, -0.1) is 0 Å². The van der Waals surface area contributed by atoms with Gasteiger partial charge in [-0.2, -0.15) is 0 Å². The van der Waals surface area contributed by atoms with Gasteiger partial charge in [-0.3, -0.25) is 10.1 Å². The number of imide groups is 1. The second kappa shape index (κ2) is 8.07. The predicted octanol–water partition coefficient (Wildman–Crippen LogP) is 1.86. The summed E-state index contributed by atoms with van der Waals surface area (Å²) in [6, 6.07) is 5.11. The summed E-state index contributed by atoms with van der Waals surface area (Å²) in [7, 11) is 0. The molecule has 0 bridgehead atoms. The number of hydrogen-bond donors (Lipinski definition) is 3. The molecule has 5 nitrogen and oxygen atoms in total. The maximum Gasteiger partial charge on any atom is 0.321 e. The Morgan fingerprint density at radius 3 is 2.53 bits per heavy atom. The molecule has 104 valence electrons. The van der Waals surface area contributed by atoms with Gasteiger partial charge in [0.2, 0.25) is 5.91 Å². The van der Waals surface area contributed by atoms with E-state index in [4.69, 9.17) is 0 Å². The second-order valence-electron chi connectivity index (χ2n) is 4.02. The van der Waals surface area contributed by atoms with E-state index in [-0.39, 0.29) is 12.4 Å². The molecular weight excluding hydrogens is 249 g/mol. The fourth-order valence-corrected chi connectivity index (χ4v) is 1.34. The second-order valence-corrected chi connectivity index (χ2v) is 4.02. The minimum atomic E-state index is -0.501. The predicted molar refractivity (Wildman–Crippen MR) is 71.3 cm³/mol. The van der Waals surface area contributed by atoms with Gasteiger partial charge in [0.15, 0.2) is 0 Å². The third-order valence-corrected chi connectivity index (χ3v) is 2.37. The van der Waals surface area contributed by atoms with Gasteiger partial charge in [-0.25, -0.2) is 9.18 Å². The normalized spacial score (nSPS) is 9.79. The van der Waals surface area contributed by atoms with Crippen molar-refractivity contribution < 1.29 is 14.0 Å². The Hall–Kier alpha value is -2.11. The highest BCUT2D eigenvalue weighted by Crippen LogP contribution is 2.07. The number of anilines is 1. The number of hydrogen-bond acceptors (Lipinski definition) is 3. The first-order valence-electron chi connectivity index (χ1n) is 6.19. The Morgan fingerprint density at radius 1 is 1.21 bits per heavy atom. The van der Waals surface area contributed by atoms with Crippen molar-refractivity contribution in [1.82, 2.24) is 10.6 Å². The molecule has 19 heavy (non-hydrogen) atoms. The first-order chi connectivity index (χ1) is 9.11. The topological polar surface area (TPSA) is 70.2 Å². The molecule has 0 atom stereocenters. The summed E-state index contributed by atoms with van der Waals surface area (Å²) in [6.45, 7) is 2.51. The van der Waals surface area contributed by atoms with Crippen LogP contribution in [0.1, 0.15) is 19.8 Å². The van der Waals surface area contributed by atoms with Crippen molar-refractivity contribution in [3.05, 3.63) is 30.1 Å². The lowest BCUT2D eigenvalue weighted by Gasteiger charge is -2.08. The fourth-order valence-electron chi connectivity index (χ4n) is 1.34. The van der Waals surface area contributed by atoms with Crippen LogP contribution in [0.3, 0.4) is 0 Å². The number of rotatable bonds is 6. The average Bonchev–Trinajstić information content (AvgIpc) is 2.38. The molecule has 0 spiro atoms. The lowest BCUT2D eigenvalue weighted by Crippen LogP contribution is -2.42. The van der Waals surface area contributed by atoms with Crippen molar-refractivity contribution in [3.63, 3.8) is 0 Å². The lowest BCUT2D eigenvalue weighted by atomic mass is 10.3. The SMILES string of the molecule is CCCCNC(=O)NC(=O)CNc1ccc(F)cc1. The molecule has 0 radical (unpaired) electrons. The number of carbonyl (C=O) groups is 2. The molecule has 3 amide bonds. The van der Waals surface area contributed by atoms with Crippen LogP contribution in [-0.4, -0.2) is 25.0 Å². The van der Waals surface area contributed by atoms with E-state index in [2.05, 4.69) is 16.0 Å². The summed E-state index contributed by atoms with van der Waals surface area (Å²) < 4.78 is 12.6. The molecule has 1 rings (SSSR count). The Labute approximate surface area is 111 Å². The highest BCUT2D eigenvalue weighted by molar-refractivity contribution is 5.96. The molecule has 6 heteroatoms. The number of amides is 3. The van der Waals surface area contributed by atoms with Crippen LogP contribution in [-0.2, 0) is 4.79 Å². The number of carbonyl (C=O) groups excluding carboxylic acids is 2. The lowest BCUT2D eigenvalue weighted by molar-refractivity contribution is -0.118. The summed E-state index contributed by atoms with van der Waals surface area (Å²) in [5.41, 5.74) is 0.614. The van der Waals surface area contributed by atoms with Crippen LogP contribution in [0, 0.1) is 5.82 Å². The highest BCUT2D eigenvalue weighted by Gasteiger charge is 2.06. The molecule has 1 aromatic carbocycles. The van der Waals surface area contributed by atoms with Crippen LogP contribution in [0.2, 0.25) is 0 Å². The number of urea groups is 1. The van der Waals surface area contributed by atoms with E-state index in [0.717, 1.165) is 12.8 Å². The number of unbranched alkanes of at least 4 members (excludes halogenated alkanes) is 1. The fraction of sp³-hybridized carbons (Fsp3) is 0.385. The van der Waals surface area contributed by atoms with Gasteiger partial charge < -0.3 is 10.6 Å². The molecule has 0 aliphatic heterocycles. The quantitative estimate of drug-likeness (QED) is 0.689.